The summed E-state index contributed by atoms with van der Waals surface area (Å²) in [7, 11) is 1.51. The molecule has 0 fully saturated rings. The molecule has 0 aliphatic rings. The van der Waals surface area contributed by atoms with E-state index in [1.165, 1.54) is 7.11 Å². The number of carbonyl (C=O) groups excluding carboxylic acids is 2. The van der Waals surface area contributed by atoms with Crippen LogP contribution in [0.15, 0.2) is 0 Å². The zero-order valence-electron chi connectivity index (χ0n) is 11.9. The highest BCUT2D eigenvalue weighted by Gasteiger charge is 2.19. The molecule has 0 aromatic carbocycles. The summed E-state index contributed by atoms with van der Waals surface area (Å²) in [6, 6.07) is -1.61. The molecular weight excluding hydrogens is 266 g/mol. The van der Waals surface area contributed by atoms with Gasteiger partial charge in [0, 0.05) is 13.7 Å². The quantitative estimate of drug-likeness (QED) is 0.412. The third-order valence-corrected chi connectivity index (χ3v) is 2.49. The fraction of sp³-hybridized carbons (Fsp3) is 0.750. The van der Waals surface area contributed by atoms with Gasteiger partial charge in [0.05, 0.1) is 13.2 Å². The second-order valence-electron chi connectivity index (χ2n) is 4.20. The molecule has 0 aromatic rings. The van der Waals surface area contributed by atoms with E-state index in [2.05, 4.69) is 16.0 Å². The van der Waals surface area contributed by atoms with Crippen LogP contribution in [0.25, 0.3) is 0 Å². The van der Waals surface area contributed by atoms with E-state index in [-0.39, 0.29) is 12.5 Å². The number of aliphatic carboxylic acids is 1. The van der Waals surface area contributed by atoms with Crippen LogP contribution in [-0.2, 0) is 14.3 Å². The van der Waals surface area contributed by atoms with E-state index in [1.54, 1.807) is 0 Å². The number of methoxy groups -OCH3 is 1. The number of carboxylic acids is 1. The number of hydrogen-bond acceptors (Lipinski definition) is 4. The zero-order valence-corrected chi connectivity index (χ0v) is 11.9. The molecule has 0 saturated heterocycles. The Morgan fingerprint density at radius 2 is 1.95 bits per heavy atom. The molecule has 0 aromatic heterocycles. The molecule has 0 rings (SSSR count). The Labute approximate surface area is 118 Å². The van der Waals surface area contributed by atoms with E-state index in [0.29, 0.717) is 26.0 Å². The van der Waals surface area contributed by atoms with Crippen LogP contribution in [0, 0.1) is 0 Å². The third-order valence-electron chi connectivity index (χ3n) is 2.49. The number of hydrogen-bond donors (Lipinski definition) is 4. The molecule has 116 valence electrons. The van der Waals surface area contributed by atoms with Crippen LogP contribution in [0.5, 0.6) is 0 Å². The molecule has 20 heavy (non-hydrogen) atoms. The van der Waals surface area contributed by atoms with E-state index in [9.17, 15) is 14.4 Å². The summed E-state index contributed by atoms with van der Waals surface area (Å²) in [5, 5.41) is 16.1. The van der Waals surface area contributed by atoms with Crippen molar-refractivity contribution in [2.45, 2.75) is 32.2 Å². The van der Waals surface area contributed by atoms with E-state index in [0.717, 1.165) is 6.42 Å². The van der Waals surface area contributed by atoms with Gasteiger partial charge in [0.25, 0.3) is 0 Å². The average Bonchev–Trinajstić information content (AvgIpc) is 2.41. The van der Waals surface area contributed by atoms with Crippen LogP contribution in [0.3, 0.4) is 0 Å². The Morgan fingerprint density at radius 3 is 2.50 bits per heavy atom. The van der Waals surface area contributed by atoms with Gasteiger partial charge in [-0.1, -0.05) is 19.8 Å². The maximum Gasteiger partial charge on any atom is 0.326 e. The lowest BCUT2D eigenvalue weighted by Gasteiger charge is -2.14. The second-order valence-corrected chi connectivity index (χ2v) is 4.20. The molecular formula is C12H23N3O5. The van der Waals surface area contributed by atoms with Gasteiger partial charge >= 0.3 is 12.0 Å². The highest BCUT2D eigenvalue weighted by atomic mass is 16.5. The van der Waals surface area contributed by atoms with Gasteiger partial charge < -0.3 is 25.8 Å². The Balaban J connectivity index is 3.95. The van der Waals surface area contributed by atoms with Crippen LogP contribution in [0.2, 0.25) is 0 Å². The first-order valence-corrected chi connectivity index (χ1v) is 6.54. The standard InChI is InChI=1S/C12H23N3O5/c1-3-4-5-9(11(17)18)15-12(19)14-8-10(16)13-6-7-20-2/h9H,3-8H2,1-2H3,(H,13,16)(H,17,18)(H2,14,15,19). The number of ether oxygens (including phenoxy) is 1. The van der Waals surface area contributed by atoms with E-state index in [1.807, 2.05) is 6.92 Å². The van der Waals surface area contributed by atoms with Crippen LogP contribution in [0.4, 0.5) is 4.79 Å². The fourth-order valence-electron chi connectivity index (χ4n) is 1.39. The van der Waals surface area contributed by atoms with Gasteiger partial charge in [-0.15, -0.1) is 0 Å². The van der Waals surface area contributed by atoms with E-state index in [4.69, 9.17) is 9.84 Å². The van der Waals surface area contributed by atoms with Crippen molar-refractivity contribution >= 4 is 17.9 Å². The highest BCUT2D eigenvalue weighted by Crippen LogP contribution is 2.00. The maximum atomic E-state index is 11.5. The number of carbonyl (C=O) groups is 3. The van der Waals surface area contributed by atoms with E-state index >= 15 is 0 Å². The average molecular weight is 289 g/mol. The summed E-state index contributed by atoms with van der Waals surface area (Å²) < 4.78 is 4.75. The molecule has 0 aliphatic carbocycles. The first-order valence-electron chi connectivity index (χ1n) is 6.54. The number of amides is 3. The van der Waals surface area contributed by atoms with Gasteiger partial charge in [-0.05, 0) is 6.42 Å². The van der Waals surface area contributed by atoms with Crippen LogP contribution >= 0.6 is 0 Å². The topological polar surface area (TPSA) is 117 Å². The third kappa shape index (κ3) is 9.15. The number of urea groups is 1. The minimum Gasteiger partial charge on any atom is -0.480 e. The molecule has 0 radical (unpaired) electrons. The molecule has 1 unspecified atom stereocenters. The molecule has 8 nitrogen and oxygen atoms in total. The summed E-state index contributed by atoms with van der Waals surface area (Å²) >= 11 is 0. The van der Waals surface area contributed by atoms with Crippen molar-refractivity contribution in [2.24, 2.45) is 0 Å². The zero-order chi connectivity index (χ0) is 15.4. The van der Waals surface area contributed by atoms with Crippen LogP contribution in [0.1, 0.15) is 26.2 Å². The molecule has 1 atom stereocenters. The Bertz CT molecular complexity index is 322. The fourth-order valence-corrected chi connectivity index (χ4v) is 1.39. The first-order chi connectivity index (χ1) is 9.51. The molecule has 3 amide bonds. The van der Waals surface area contributed by atoms with Gasteiger partial charge in [-0.2, -0.15) is 0 Å². The van der Waals surface area contributed by atoms with Gasteiger partial charge in [-0.3, -0.25) is 4.79 Å². The molecule has 0 saturated carbocycles. The number of unbranched alkanes of at least 4 members (excludes halogenated alkanes) is 1. The van der Waals surface area contributed by atoms with Gasteiger partial charge in [0.2, 0.25) is 5.91 Å². The van der Waals surface area contributed by atoms with Crippen molar-refractivity contribution in [1.29, 1.82) is 0 Å². The number of carboxylic acid groups (broad SMARTS) is 1. The van der Waals surface area contributed by atoms with Gasteiger partial charge in [0.1, 0.15) is 6.04 Å². The predicted octanol–water partition coefficient (Wildman–Crippen LogP) is -0.308. The van der Waals surface area contributed by atoms with Crippen molar-refractivity contribution < 1.29 is 24.2 Å². The molecule has 0 aliphatic heterocycles. The molecule has 0 spiro atoms. The summed E-state index contributed by atoms with van der Waals surface area (Å²) in [5.74, 6) is -1.45. The lowest BCUT2D eigenvalue weighted by Crippen LogP contribution is -2.48. The molecule has 0 bridgehead atoms. The number of rotatable bonds is 10. The van der Waals surface area contributed by atoms with Crippen molar-refractivity contribution in [3.8, 4) is 0 Å². The molecule has 8 heteroatoms. The Morgan fingerprint density at radius 1 is 1.25 bits per heavy atom. The van der Waals surface area contributed by atoms with Crippen molar-refractivity contribution in [3.05, 3.63) is 0 Å². The second kappa shape index (κ2) is 11.0. The summed E-state index contributed by atoms with van der Waals surface area (Å²) in [6.07, 6.45) is 1.91. The van der Waals surface area contributed by atoms with Crippen molar-refractivity contribution in [2.75, 3.05) is 26.8 Å². The largest absolute Gasteiger partial charge is 0.480 e. The Hall–Kier alpha value is -1.83. The lowest BCUT2D eigenvalue weighted by molar-refractivity contribution is -0.139. The summed E-state index contributed by atoms with van der Waals surface area (Å²) in [4.78, 5) is 33.7. The SMILES string of the molecule is CCCCC(NC(=O)NCC(=O)NCCOC)C(=O)O. The highest BCUT2D eigenvalue weighted by molar-refractivity contribution is 5.86. The minimum absolute atomic E-state index is 0.213. The first kappa shape index (κ1) is 18.2. The summed E-state index contributed by atoms with van der Waals surface area (Å²) in [5.41, 5.74) is 0. The molecule has 0 heterocycles. The monoisotopic (exact) mass is 289 g/mol. The van der Waals surface area contributed by atoms with Crippen LogP contribution < -0.4 is 16.0 Å². The van der Waals surface area contributed by atoms with Crippen molar-refractivity contribution in [1.82, 2.24) is 16.0 Å². The minimum atomic E-state index is -1.09. The lowest BCUT2D eigenvalue weighted by atomic mass is 10.1. The predicted molar refractivity (Wildman–Crippen MR) is 72.4 cm³/mol. The van der Waals surface area contributed by atoms with Crippen molar-refractivity contribution in [3.63, 3.8) is 0 Å². The normalized spacial score (nSPS) is 11.5. The molecule has 4 N–H and O–H groups in total. The van der Waals surface area contributed by atoms with E-state index < -0.39 is 18.0 Å². The van der Waals surface area contributed by atoms with Gasteiger partial charge in [-0.25, -0.2) is 9.59 Å². The maximum absolute atomic E-state index is 11.5. The summed E-state index contributed by atoms with van der Waals surface area (Å²) in [6.45, 7) is 2.46. The smallest absolute Gasteiger partial charge is 0.326 e. The Kier molecular flexibility index (Phi) is 10.0. The van der Waals surface area contributed by atoms with Crippen LogP contribution in [-0.4, -0.2) is 55.9 Å². The number of nitrogens with one attached hydrogen (secondary N) is 3. The van der Waals surface area contributed by atoms with Gasteiger partial charge in [0.15, 0.2) is 0 Å².